The van der Waals surface area contributed by atoms with Crippen LogP contribution in [0.1, 0.15) is 33.4 Å². The molecule has 0 spiro atoms. The van der Waals surface area contributed by atoms with E-state index in [-0.39, 0.29) is 0 Å². The SMILES string of the molecule is N#Cc1ccccc1/C=C/c1ccc(/C=C/c2cccc(-c3ccc4c(c3)c3ccccc3n4-c3ccccc3)c2C#N)cc1-c1ccc2c(c1)c1ccccc1n2-c1ccccc1. The van der Waals surface area contributed by atoms with Crippen molar-refractivity contribution in [3.8, 4) is 45.8 Å². The molecule has 0 fully saturated rings. The quantitative estimate of drug-likeness (QED) is 0.143. The Kier molecular flexibility index (Phi) is 9.58. The molecule has 64 heavy (non-hydrogen) atoms. The first-order valence-corrected chi connectivity index (χ1v) is 21.4. The summed E-state index contributed by atoms with van der Waals surface area (Å²) >= 11 is 0. The fourth-order valence-corrected chi connectivity index (χ4v) is 9.25. The molecule has 0 aliphatic carbocycles. The molecule has 11 aromatic rings. The van der Waals surface area contributed by atoms with Crippen LogP contribution in [-0.2, 0) is 0 Å². The minimum absolute atomic E-state index is 0.626. The lowest BCUT2D eigenvalue weighted by molar-refractivity contribution is 1.18. The number of benzene rings is 9. The molecule has 0 unspecified atom stereocenters. The average Bonchev–Trinajstić information content (AvgIpc) is 3.88. The number of fused-ring (bicyclic) bond motifs is 6. The lowest BCUT2D eigenvalue weighted by atomic mass is 9.93. The van der Waals surface area contributed by atoms with E-state index in [0.29, 0.717) is 11.1 Å². The van der Waals surface area contributed by atoms with Gasteiger partial charge in [-0.1, -0.05) is 158 Å². The van der Waals surface area contributed by atoms with Crippen molar-refractivity contribution in [1.82, 2.24) is 9.13 Å². The second-order valence-corrected chi connectivity index (χ2v) is 15.9. The van der Waals surface area contributed by atoms with E-state index >= 15 is 0 Å². The molecule has 11 rings (SSSR count). The van der Waals surface area contributed by atoms with Gasteiger partial charge in [0.15, 0.2) is 0 Å². The predicted octanol–water partition coefficient (Wildman–Crippen LogP) is 15.3. The summed E-state index contributed by atoms with van der Waals surface area (Å²) in [5, 5.41) is 25.2. The molecule has 0 aliphatic rings. The minimum Gasteiger partial charge on any atom is -0.309 e. The topological polar surface area (TPSA) is 57.4 Å². The normalized spacial score (nSPS) is 11.6. The number of aromatic nitrogens is 2. The van der Waals surface area contributed by atoms with Gasteiger partial charge >= 0.3 is 0 Å². The number of nitriles is 2. The lowest BCUT2D eigenvalue weighted by Gasteiger charge is -2.11. The molecule has 4 nitrogen and oxygen atoms in total. The summed E-state index contributed by atoms with van der Waals surface area (Å²) in [5.41, 5.74) is 15.8. The third-order valence-corrected chi connectivity index (χ3v) is 12.3. The summed E-state index contributed by atoms with van der Waals surface area (Å²) in [4.78, 5) is 0. The van der Waals surface area contributed by atoms with Crippen molar-refractivity contribution in [2.75, 3.05) is 0 Å². The highest BCUT2D eigenvalue weighted by Gasteiger charge is 2.17. The third kappa shape index (κ3) is 6.64. The Labute approximate surface area is 371 Å². The van der Waals surface area contributed by atoms with Gasteiger partial charge in [0, 0.05) is 38.5 Å². The summed E-state index contributed by atoms with van der Waals surface area (Å²) in [6, 6.07) is 76.4. The van der Waals surface area contributed by atoms with Crippen LogP contribution in [0.4, 0.5) is 0 Å². The van der Waals surface area contributed by atoms with E-state index < -0.39 is 0 Å². The third-order valence-electron chi connectivity index (χ3n) is 12.3. The van der Waals surface area contributed by atoms with Crippen LogP contribution in [0.25, 0.3) is 102 Å². The first-order valence-electron chi connectivity index (χ1n) is 21.4. The largest absolute Gasteiger partial charge is 0.309 e. The van der Waals surface area contributed by atoms with Crippen molar-refractivity contribution in [3.05, 3.63) is 240 Å². The van der Waals surface area contributed by atoms with Crippen molar-refractivity contribution >= 4 is 67.9 Å². The van der Waals surface area contributed by atoms with E-state index in [4.69, 9.17) is 0 Å². The molecule has 298 valence electrons. The molecule has 2 heterocycles. The Morgan fingerprint density at radius 2 is 0.859 bits per heavy atom. The van der Waals surface area contributed by atoms with Gasteiger partial charge in [0.1, 0.15) is 6.07 Å². The van der Waals surface area contributed by atoms with E-state index in [2.05, 4.69) is 191 Å². The van der Waals surface area contributed by atoms with Crippen molar-refractivity contribution in [1.29, 1.82) is 10.5 Å². The molecule has 0 atom stereocenters. The summed E-state index contributed by atoms with van der Waals surface area (Å²) in [7, 11) is 0. The first-order chi connectivity index (χ1) is 31.7. The highest BCUT2D eigenvalue weighted by Crippen LogP contribution is 2.39. The number of hydrogen-bond acceptors (Lipinski definition) is 2. The maximum atomic E-state index is 10.7. The zero-order valence-corrected chi connectivity index (χ0v) is 34.7. The van der Waals surface area contributed by atoms with Crippen molar-refractivity contribution in [2.24, 2.45) is 0 Å². The summed E-state index contributed by atoms with van der Waals surface area (Å²) in [6.45, 7) is 0. The van der Waals surface area contributed by atoms with Gasteiger partial charge in [-0.25, -0.2) is 0 Å². The highest BCUT2D eigenvalue weighted by molar-refractivity contribution is 6.12. The van der Waals surface area contributed by atoms with E-state index in [1.54, 1.807) is 0 Å². The number of nitrogens with zero attached hydrogens (tertiary/aromatic N) is 4. The zero-order chi connectivity index (χ0) is 43.0. The molecule has 9 aromatic carbocycles. The second-order valence-electron chi connectivity index (χ2n) is 15.9. The molecule has 2 aromatic heterocycles. The predicted molar refractivity (Wildman–Crippen MR) is 266 cm³/mol. The maximum Gasteiger partial charge on any atom is 0.100 e. The van der Waals surface area contributed by atoms with Gasteiger partial charge < -0.3 is 9.13 Å². The van der Waals surface area contributed by atoms with Crippen LogP contribution in [0.15, 0.2) is 206 Å². The van der Waals surface area contributed by atoms with Crippen molar-refractivity contribution < 1.29 is 0 Å². The minimum atomic E-state index is 0.626. The summed E-state index contributed by atoms with van der Waals surface area (Å²) in [5.74, 6) is 0. The molecular formula is C60H38N4. The maximum absolute atomic E-state index is 10.7. The molecule has 0 amide bonds. The number of hydrogen-bond donors (Lipinski definition) is 0. The Balaban J connectivity index is 1.01. The Hall–Kier alpha value is -8.96. The van der Waals surface area contributed by atoms with Crippen LogP contribution >= 0.6 is 0 Å². The smallest absolute Gasteiger partial charge is 0.100 e. The van der Waals surface area contributed by atoms with Gasteiger partial charge in [0.2, 0.25) is 0 Å². The van der Waals surface area contributed by atoms with E-state index in [1.807, 2.05) is 60.7 Å². The highest BCUT2D eigenvalue weighted by atomic mass is 15.0. The van der Waals surface area contributed by atoms with Crippen LogP contribution in [0.3, 0.4) is 0 Å². The first kappa shape index (κ1) is 38.0. The molecule has 0 bridgehead atoms. The van der Waals surface area contributed by atoms with Crippen LogP contribution in [-0.4, -0.2) is 9.13 Å². The van der Waals surface area contributed by atoms with Gasteiger partial charge in [-0.3, -0.25) is 0 Å². The lowest BCUT2D eigenvalue weighted by Crippen LogP contribution is -1.93. The molecule has 0 aliphatic heterocycles. The Morgan fingerprint density at radius 1 is 0.344 bits per heavy atom. The van der Waals surface area contributed by atoms with Gasteiger partial charge in [-0.05, 0) is 112 Å². The van der Waals surface area contributed by atoms with Gasteiger partial charge in [-0.15, -0.1) is 0 Å². The van der Waals surface area contributed by atoms with Crippen molar-refractivity contribution in [3.63, 3.8) is 0 Å². The Bertz CT molecular complexity index is 3740. The monoisotopic (exact) mass is 814 g/mol. The van der Waals surface area contributed by atoms with Crippen LogP contribution in [0.5, 0.6) is 0 Å². The molecule has 0 saturated heterocycles. The summed E-state index contributed by atoms with van der Waals surface area (Å²) in [6.07, 6.45) is 8.27. The Morgan fingerprint density at radius 3 is 1.48 bits per heavy atom. The fourth-order valence-electron chi connectivity index (χ4n) is 9.25. The second kappa shape index (κ2) is 16.1. The fraction of sp³-hybridized carbons (Fsp3) is 0. The number of rotatable bonds is 8. The molecule has 0 saturated carbocycles. The van der Waals surface area contributed by atoms with Crippen LogP contribution < -0.4 is 0 Å². The van der Waals surface area contributed by atoms with E-state index in [0.717, 1.165) is 83.3 Å². The van der Waals surface area contributed by atoms with Gasteiger partial charge in [0.25, 0.3) is 0 Å². The average molecular weight is 815 g/mol. The van der Waals surface area contributed by atoms with Crippen LogP contribution in [0.2, 0.25) is 0 Å². The summed E-state index contributed by atoms with van der Waals surface area (Å²) < 4.78 is 4.63. The molecule has 0 N–H and O–H groups in total. The zero-order valence-electron chi connectivity index (χ0n) is 34.7. The molecule has 0 radical (unpaired) electrons. The van der Waals surface area contributed by atoms with Crippen molar-refractivity contribution in [2.45, 2.75) is 0 Å². The molecule has 4 heteroatoms. The molecular weight excluding hydrogens is 777 g/mol. The van der Waals surface area contributed by atoms with Gasteiger partial charge in [-0.2, -0.15) is 10.5 Å². The van der Waals surface area contributed by atoms with Gasteiger partial charge in [0.05, 0.1) is 39.3 Å². The van der Waals surface area contributed by atoms with E-state index in [1.165, 1.54) is 16.2 Å². The van der Waals surface area contributed by atoms with Crippen LogP contribution in [0, 0.1) is 22.7 Å². The van der Waals surface area contributed by atoms with E-state index in [9.17, 15) is 10.5 Å². The number of para-hydroxylation sites is 4. The standard InChI is InChI=1S/C60H38N4/c61-39-47-15-8-7-14-42(47)30-31-44-29-27-41(36-53(44)46-33-35-60-55(38-46)52-22-10-12-25-58(52)64(60)49-19-5-2-6-20-49)26-28-43-16-13-23-50(56(43)40-62)45-32-34-59-54(37-45)51-21-9-11-24-57(51)63(59)48-17-3-1-4-18-48/h1-38H/b28-26+,31-30+.